The molecule has 4 heterocycles. The lowest BCUT2D eigenvalue weighted by atomic mass is 9.85. The number of carbonyl (C=O) groups excluding carboxylic acids is 1. The van der Waals surface area contributed by atoms with Crippen LogP contribution in [0.1, 0.15) is 32.1 Å². The molecule has 0 radical (unpaired) electrons. The largest absolute Gasteiger partial charge is 0.342 e. The van der Waals surface area contributed by atoms with E-state index in [4.69, 9.17) is 0 Å². The van der Waals surface area contributed by atoms with E-state index in [0.29, 0.717) is 23.9 Å². The maximum Gasteiger partial charge on any atom is 0.225 e. The number of anilines is 1. The van der Waals surface area contributed by atoms with Crippen LogP contribution >= 0.6 is 0 Å². The zero-order chi connectivity index (χ0) is 17.5. The van der Waals surface area contributed by atoms with E-state index in [-0.39, 0.29) is 5.92 Å². The van der Waals surface area contributed by atoms with Crippen LogP contribution in [0.2, 0.25) is 0 Å². The number of nitrogens with one attached hydrogen (secondary N) is 2. The van der Waals surface area contributed by atoms with Gasteiger partial charge in [0.2, 0.25) is 11.9 Å². The van der Waals surface area contributed by atoms with Gasteiger partial charge in [-0.25, -0.2) is 9.97 Å². The maximum absolute atomic E-state index is 13.1. The summed E-state index contributed by atoms with van der Waals surface area (Å²) in [4.78, 5) is 26.1. The molecule has 1 aromatic rings. The van der Waals surface area contributed by atoms with Gasteiger partial charge < -0.3 is 9.80 Å². The molecule has 4 fully saturated rings. The third-order valence-corrected chi connectivity index (χ3v) is 6.68. The number of amides is 1. The molecule has 4 aliphatic rings. The van der Waals surface area contributed by atoms with Crippen molar-refractivity contribution in [2.24, 2.45) is 17.8 Å². The Morgan fingerprint density at radius 1 is 1.00 bits per heavy atom. The van der Waals surface area contributed by atoms with E-state index in [0.717, 1.165) is 57.3 Å². The summed E-state index contributed by atoms with van der Waals surface area (Å²) in [6.07, 6.45) is 9.14. The van der Waals surface area contributed by atoms with Crippen LogP contribution in [0.25, 0.3) is 0 Å². The zero-order valence-electron chi connectivity index (χ0n) is 15.2. The molecule has 1 aliphatic carbocycles. The highest BCUT2D eigenvalue weighted by Crippen LogP contribution is 2.40. The zero-order valence-corrected chi connectivity index (χ0v) is 15.2. The van der Waals surface area contributed by atoms with E-state index in [2.05, 4.69) is 30.6 Å². The van der Waals surface area contributed by atoms with Crippen LogP contribution in [-0.4, -0.2) is 59.0 Å². The van der Waals surface area contributed by atoms with Gasteiger partial charge in [-0.15, -0.1) is 0 Å². The highest BCUT2D eigenvalue weighted by atomic mass is 16.2. The third-order valence-electron chi connectivity index (χ3n) is 6.68. The molecule has 7 nitrogen and oxygen atoms in total. The van der Waals surface area contributed by atoms with Crippen molar-refractivity contribution in [2.45, 2.75) is 44.2 Å². The third kappa shape index (κ3) is 3.07. The molecule has 1 saturated carbocycles. The first-order chi connectivity index (χ1) is 12.8. The average molecular weight is 356 g/mol. The van der Waals surface area contributed by atoms with Crippen molar-refractivity contribution in [1.82, 2.24) is 25.7 Å². The Kier molecular flexibility index (Phi) is 4.29. The fourth-order valence-corrected chi connectivity index (χ4v) is 5.00. The summed E-state index contributed by atoms with van der Waals surface area (Å²) >= 11 is 0. The standard InChI is InChI=1S/C19H28N6O/c26-18(14-4-9-24(10-5-14)19-20-7-1-8-21-19)25-11-6-16-15(12-25)17(23-22-16)13-2-3-13/h1,7-8,13-17,22-23H,2-6,9-12H2. The van der Waals surface area contributed by atoms with Gasteiger partial charge in [0.05, 0.1) is 0 Å². The minimum Gasteiger partial charge on any atom is -0.342 e. The molecule has 3 atom stereocenters. The number of hydrogen-bond donors (Lipinski definition) is 2. The molecule has 0 spiro atoms. The Hall–Kier alpha value is -1.73. The van der Waals surface area contributed by atoms with Crippen LogP contribution < -0.4 is 15.8 Å². The molecule has 0 bridgehead atoms. The Balaban J connectivity index is 1.18. The number of aromatic nitrogens is 2. The molecular weight excluding hydrogens is 328 g/mol. The number of hydrazine groups is 1. The number of likely N-dealkylation sites (tertiary alicyclic amines) is 1. The second-order valence-electron chi connectivity index (χ2n) is 8.31. The van der Waals surface area contributed by atoms with Crippen LogP contribution in [0.15, 0.2) is 18.5 Å². The highest BCUT2D eigenvalue weighted by molar-refractivity contribution is 5.79. The van der Waals surface area contributed by atoms with Crippen LogP contribution in [-0.2, 0) is 4.79 Å². The summed E-state index contributed by atoms with van der Waals surface area (Å²) in [5.41, 5.74) is 7.00. The Morgan fingerprint density at radius 3 is 2.50 bits per heavy atom. The van der Waals surface area contributed by atoms with Crippen molar-refractivity contribution in [1.29, 1.82) is 0 Å². The van der Waals surface area contributed by atoms with Crippen LogP contribution in [0.3, 0.4) is 0 Å². The molecule has 140 valence electrons. The summed E-state index contributed by atoms with van der Waals surface area (Å²) in [5.74, 6) is 2.72. The fourth-order valence-electron chi connectivity index (χ4n) is 5.00. The van der Waals surface area contributed by atoms with Gasteiger partial charge >= 0.3 is 0 Å². The van der Waals surface area contributed by atoms with Crippen molar-refractivity contribution >= 4 is 11.9 Å². The normalized spacial score (nSPS) is 32.5. The van der Waals surface area contributed by atoms with E-state index in [1.54, 1.807) is 12.4 Å². The topological polar surface area (TPSA) is 73.4 Å². The second-order valence-corrected chi connectivity index (χ2v) is 8.31. The highest BCUT2D eigenvalue weighted by Gasteiger charge is 2.47. The molecule has 3 aliphatic heterocycles. The molecule has 3 unspecified atom stereocenters. The Morgan fingerprint density at radius 2 is 1.77 bits per heavy atom. The molecular formula is C19H28N6O. The fraction of sp³-hybridized carbons (Fsp3) is 0.737. The molecule has 0 aromatic carbocycles. The Bertz CT molecular complexity index is 643. The van der Waals surface area contributed by atoms with Gasteiger partial charge in [0.15, 0.2) is 0 Å². The first kappa shape index (κ1) is 16.4. The van der Waals surface area contributed by atoms with Gasteiger partial charge in [0.25, 0.3) is 0 Å². The molecule has 1 amide bonds. The second kappa shape index (κ2) is 6.78. The number of carbonyl (C=O) groups is 1. The lowest BCUT2D eigenvalue weighted by Gasteiger charge is -2.39. The Labute approximate surface area is 154 Å². The van der Waals surface area contributed by atoms with E-state index < -0.39 is 0 Å². The van der Waals surface area contributed by atoms with Gasteiger partial charge in [-0.3, -0.25) is 15.6 Å². The number of hydrogen-bond acceptors (Lipinski definition) is 6. The van der Waals surface area contributed by atoms with E-state index in [9.17, 15) is 4.79 Å². The minimum absolute atomic E-state index is 0.160. The van der Waals surface area contributed by atoms with Crippen molar-refractivity contribution in [2.75, 3.05) is 31.1 Å². The average Bonchev–Trinajstić information content (AvgIpc) is 3.47. The van der Waals surface area contributed by atoms with Gasteiger partial charge in [-0.1, -0.05) is 0 Å². The van der Waals surface area contributed by atoms with Crippen molar-refractivity contribution < 1.29 is 4.79 Å². The molecule has 2 N–H and O–H groups in total. The maximum atomic E-state index is 13.1. The lowest BCUT2D eigenvalue weighted by Crippen LogP contribution is -2.51. The summed E-state index contributed by atoms with van der Waals surface area (Å²) in [6, 6.07) is 2.94. The van der Waals surface area contributed by atoms with Gasteiger partial charge in [0.1, 0.15) is 0 Å². The lowest BCUT2D eigenvalue weighted by molar-refractivity contribution is -0.138. The van der Waals surface area contributed by atoms with Crippen molar-refractivity contribution in [3.63, 3.8) is 0 Å². The smallest absolute Gasteiger partial charge is 0.225 e. The van der Waals surface area contributed by atoms with Crippen molar-refractivity contribution in [3.05, 3.63) is 18.5 Å². The summed E-state index contributed by atoms with van der Waals surface area (Å²) < 4.78 is 0. The SMILES string of the molecule is O=C(C1CCN(c2ncccn2)CC1)N1CCC2NNC(C3CC3)C2C1. The first-order valence-electron chi connectivity index (χ1n) is 10.1. The van der Waals surface area contributed by atoms with Crippen LogP contribution in [0, 0.1) is 17.8 Å². The molecule has 26 heavy (non-hydrogen) atoms. The van der Waals surface area contributed by atoms with E-state index >= 15 is 0 Å². The molecule has 3 saturated heterocycles. The van der Waals surface area contributed by atoms with Gasteiger partial charge in [-0.05, 0) is 44.1 Å². The number of rotatable bonds is 3. The summed E-state index contributed by atoms with van der Waals surface area (Å²) in [6.45, 7) is 3.56. The van der Waals surface area contributed by atoms with E-state index in [1.165, 1.54) is 12.8 Å². The number of piperidine rings is 2. The van der Waals surface area contributed by atoms with Crippen LogP contribution in [0.4, 0.5) is 5.95 Å². The molecule has 5 rings (SSSR count). The number of fused-ring (bicyclic) bond motifs is 1. The quantitative estimate of drug-likeness (QED) is 0.835. The number of nitrogens with zero attached hydrogens (tertiary/aromatic N) is 4. The van der Waals surface area contributed by atoms with Gasteiger partial charge in [-0.2, -0.15) is 0 Å². The van der Waals surface area contributed by atoms with Gasteiger partial charge in [0, 0.05) is 62.5 Å². The minimum atomic E-state index is 0.160. The van der Waals surface area contributed by atoms with Crippen molar-refractivity contribution in [3.8, 4) is 0 Å². The molecule has 7 heteroatoms. The summed E-state index contributed by atoms with van der Waals surface area (Å²) in [5, 5.41) is 0. The summed E-state index contributed by atoms with van der Waals surface area (Å²) in [7, 11) is 0. The molecule has 1 aromatic heterocycles. The predicted molar refractivity (Wildman–Crippen MR) is 98.2 cm³/mol. The van der Waals surface area contributed by atoms with E-state index in [1.807, 2.05) is 6.07 Å². The monoisotopic (exact) mass is 356 g/mol. The van der Waals surface area contributed by atoms with Crippen LogP contribution in [0.5, 0.6) is 0 Å². The predicted octanol–water partition coefficient (Wildman–Crippen LogP) is 0.797. The first-order valence-corrected chi connectivity index (χ1v) is 10.1.